The average Bonchev–Trinajstić information content (AvgIpc) is 2.53. The number of pyridine rings is 1. The molecule has 7 heteroatoms. The van der Waals surface area contributed by atoms with Gasteiger partial charge in [-0.1, -0.05) is 12.1 Å². The summed E-state index contributed by atoms with van der Waals surface area (Å²) in [6.07, 6.45) is 1.85. The first-order valence-corrected chi connectivity index (χ1v) is 8.02. The van der Waals surface area contributed by atoms with Crippen molar-refractivity contribution < 1.29 is 18.7 Å². The van der Waals surface area contributed by atoms with E-state index in [-0.39, 0.29) is 23.6 Å². The second-order valence-electron chi connectivity index (χ2n) is 6.26. The SMILES string of the molecule is O=C(Cn1ccccc1=O)N[C@@H](c1ccc(F)cc1F)C1CC(O)C1. The number of benzene rings is 1. The van der Waals surface area contributed by atoms with Gasteiger partial charge in [-0.3, -0.25) is 9.59 Å². The van der Waals surface area contributed by atoms with Gasteiger partial charge in [0, 0.05) is 23.9 Å². The molecule has 2 N–H and O–H groups in total. The topological polar surface area (TPSA) is 71.3 Å². The van der Waals surface area contributed by atoms with Crippen molar-refractivity contribution in [3.63, 3.8) is 0 Å². The molecule has 1 aliphatic carbocycles. The number of rotatable bonds is 5. The molecule has 0 radical (unpaired) electrons. The summed E-state index contributed by atoms with van der Waals surface area (Å²) in [4.78, 5) is 24.0. The Morgan fingerprint density at radius 1 is 1.28 bits per heavy atom. The molecule has 1 aromatic heterocycles. The zero-order chi connectivity index (χ0) is 18.0. The number of aromatic nitrogens is 1. The first-order valence-electron chi connectivity index (χ1n) is 8.02. The van der Waals surface area contributed by atoms with Gasteiger partial charge >= 0.3 is 0 Å². The largest absolute Gasteiger partial charge is 0.393 e. The van der Waals surface area contributed by atoms with E-state index in [1.54, 1.807) is 12.1 Å². The minimum absolute atomic E-state index is 0.147. The smallest absolute Gasteiger partial charge is 0.250 e. The Morgan fingerprint density at radius 2 is 2.04 bits per heavy atom. The Balaban J connectivity index is 1.79. The lowest BCUT2D eigenvalue weighted by Gasteiger charge is -2.38. The maximum absolute atomic E-state index is 14.2. The van der Waals surface area contributed by atoms with Crippen molar-refractivity contribution in [3.8, 4) is 0 Å². The molecule has 1 fully saturated rings. The van der Waals surface area contributed by atoms with Crippen LogP contribution in [0, 0.1) is 17.6 Å². The second-order valence-corrected chi connectivity index (χ2v) is 6.26. The molecule has 3 rings (SSSR count). The lowest BCUT2D eigenvalue weighted by Crippen LogP contribution is -2.43. The van der Waals surface area contributed by atoms with Gasteiger partial charge in [0.05, 0.1) is 12.1 Å². The first kappa shape index (κ1) is 17.3. The Bertz CT molecular complexity index is 831. The van der Waals surface area contributed by atoms with Gasteiger partial charge in [0.15, 0.2) is 0 Å². The zero-order valence-corrected chi connectivity index (χ0v) is 13.4. The van der Waals surface area contributed by atoms with E-state index >= 15 is 0 Å². The van der Waals surface area contributed by atoms with Crippen LogP contribution in [-0.4, -0.2) is 21.7 Å². The molecule has 25 heavy (non-hydrogen) atoms. The summed E-state index contributed by atoms with van der Waals surface area (Å²) >= 11 is 0. The third-order valence-corrected chi connectivity index (χ3v) is 4.45. The van der Waals surface area contributed by atoms with Crippen molar-refractivity contribution >= 4 is 5.91 Å². The number of hydrogen-bond donors (Lipinski definition) is 2. The second kappa shape index (κ2) is 7.14. The number of aliphatic hydroxyl groups excluding tert-OH is 1. The quantitative estimate of drug-likeness (QED) is 0.865. The van der Waals surface area contributed by atoms with E-state index in [1.807, 2.05) is 0 Å². The Kier molecular flexibility index (Phi) is 4.94. The molecule has 1 amide bonds. The summed E-state index contributed by atoms with van der Waals surface area (Å²) in [5, 5.41) is 12.2. The molecule has 1 atom stereocenters. The van der Waals surface area contributed by atoms with Crippen LogP contribution in [0.2, 0.25) is 0 Å². The number of nitrogens with one attached hydrogen (secondary N) is 1. The van der Waals surface area contributed by atoms with E-state index < -0.39 is 29.7 Å². The van der Waals surface area contributed by atoms with E-state index in [9.17, 15) is 23.5 Å². The third-order valence-electron chi connectivity index (χ3n) is 4.45. The number of aliphatic hydroxyl groups is 1. The third kappa shape index (κ3) is 3.93. The fraction of sp³-hybridized carbons (Fsp3) is 0.333. The molecule has 0 saturated heterocycles. The van der Waals surface area contributed by atoms with Crippen LogP contribution in [0.15, 0.2) is 47.4 Å². The summed E-state index contributed by atoms with van der Waals surface area (Å²) in [6, 6.07) is 7.06. The maximum atomic E-state index is 14.2. The summed E-state index contributed by atoms with van der Waals surface area (Å²) in [5.41, 5.74) is -0.145. The van der Waals surface area contributed by atoms with Gasteiger partial charge in [-0.15, -0.1) is 0 Å². The molecule has 0 aliphatic heterocycles. The summed E-state index contributed by atoms with van der Waals surface area (Å²) < 4.78 is 28.5. The summed E-state index contributed by atoms with van der Waals surface area (Å²) in [7, 11) is 0. The number of nitrogens with zero attached hydrogens (tertiary/aromatic N) is 1. The Labute approximate surface area is 142 Å². The van der Waals surface area contributed by atoms with Gasteiger partial charge in [-0.25, -0.2) is 8.78 Å². The zero-order valence-electron chi connectivity index (χ0n) is 13.4. The van der Waals surface area contributed by atoms with Crippen LogP contribution in [0.1, 0.15) is 24.4 Å². The van der Waals surface area contributed by atoms with Crippen LogP contribution < -0.4 is 10.9 Å². The van der Waals surface area contributed by atoms with Crippen molar-refractivity contribution in [1.82, 2.24) is 9.88 Å². The summed E-state index contributed by atoms with van der Waals surface area (Å²) in [6.45, 7) is -0.200. The van der Waals surface area contributed by atoms with E-state index in [1.165, 1.54) is 22.9 Å². The predicted molar refractivity (Wildman–Crippen MR) is 86.7 cm³/mol. The van der Waals surface area contributed by atoms with Gasteiger partial charge in [-0.2, -0.15) is 0 Å². The maximum Gasteiger partial charge on any atom is 0.250 e. The van der Waals surface area contributed by atoms with Gasteiger partial charge in [0.25, 0.3) is 5.56 Å². The Hall–Kier alpha value is -2.54. The van der Waals surface area contributed by atoms with Gasteiger partial charge in [-0.05, 0) is 30.9 Å². The molecule has 1 aliphatic rings. The fourth-order valence-corrected chi connectivity index (χ4v) is 3.07. The number of hydrogen-bond acceptors (Lipinski definition) is 3. The number of halogens is 2. The highest BCUT2D eigenvalue weighted by atomic mass is 19.1. The van der Waals surface area contributed by atoms with Crippen LogP contribution >= 0.6 is 0 Å². The molecule has 1 saturated carbocycles. The van der Waals surface area contributed by atoms with E-state index in [4.69, 9.17) is 0 Å². The highest BCUT2D eigenvalue weighted by molar-refractivity contribution is 5.76. The lowest BCUT2D eigenvalue weighted by molar-refractivity contribution is -0.123. The number of amides is 1. The van der Waals surface area contributed by atoms with E-state index in [0.29, 0.717) is 12.8 Å². The van der Waals surface area contributed by atoms with E-state index in [0.717, 1.165) is 12.1 Å². The normalized spacial score (nSPS) is 20.6. The first-order chi connectivity index (χ1) is 11.9. The van der Waals surface area contributed by atoms with Gasteiger partial charge < -0.3 is 15.0 Å². The van der Waals surface area contributed by atoms with Crippen LogP contribution in [0.25, 0.3) is 0 Å². The molecule has 0 unspecified atom stereocenters. The number of carbonyl (C=O) groups excluding carboxylic acids is 1. The minimum Gasteiger partial charge on any atom is -0.393 e. The highest BCUT2D eigenvalue weighted by Gasteiger charge is 2.36. The van der Waals surface area contributed by atoms with Gasteiger partial charge in [0.2, 0.25) is 5.91 Å². The van der Waals surface area contributed by atoms with Crippen molar-refractivity contribution in [2.45, 2.75) is 31.5 Å². The molecule has 1 aromatic carbocycles. The minimum atomic E-state index is -0.747. The Morgan fingerprint density at radius 3 is 2.68 bits per heavy atom. The molecule has 0 spiro atoms. The van der Waals surface area contributed by atoms with Crippen LogP contribution in [-0.2, 0) is 11.3 Å². The van der Waals surface area contributed by atoms with E-state index in [2.05, 4.69) is 5.32 Å². The lowest BCUT2D eigenvalue weighted by atomic mass is 9.75. The molecular formula is C18H18F2N2O3. The molecule has 0 bridgehead atoms. The van der Waals surface area contributed by atoms with Crippen molar-refractivity contribution in [2.75, 3.05) is 0 Å². The molecular weight excluding hydrogens is 330 g/mol. The fourth-order valence-electron chi connectivity index (χ4n) is 3.07. The number of carbonyl (C=O) groups is 1. The average molecular weight is 348 g/mol. The van der Waals surface area contributed by atoms with Gasteiger partial charge in [0.1, 0.15) is 18.2 Å². The van der Waals surface area contributed by atoms with Crippen molar-refractivity contribution in [2.24, 2.45) is 5.92 Å². The summed E-state index contributed by atoms with van der Waals surface area (Å²) in [5.74, 6) is -2.05. The predicted octanol–water partition coefficient (Wildman–Crippen LogP) is 1.75. The molecule has 5 nitrogen and oxygen atoms in total. The highest BCUT2D eigenvalue weighted by Crippen LogP contribution is 2.38. The standard InChI is InChI=1S/C18H18F2N2O3/c19-12-4-5-14(15(20)9-12)18(11-7-13(23)8-11)21-16(24)10-22-6-2-1-3-17(22)25/h1-6,9,11,13,18,23H,7-8,10H2,(H,21,24)/t11?,13?,18-/m1/s1. The molecule has 2 aromatic rings. The van der Waals surface area contributed by atoms with Crippen LogP contribution in [0.3, 0.4) is 0 Å². The molecule has 1 heterocycles. The van der Waals surface area contributed by atoms with Crippen LogP contribution in [0.4, 0.5) is 8.78 Å². The van der Waals surface area contributed by atoms with Crippen molar-refractivity contribution in [3.05, 3.63) is 70.1 Å². The molecule has 132 valence electrons. The monoisotopic (exact) mass is 348 g/mol. The van der Waals surface area contributed by atoms with Crippen LogP contribution in [0.5, 0.6) is 0 Å². The van der Waals surface area contributed by atoms with Crippen molar-refractivity contribution in [1.29, 1.82) is 0 Å².